The summed E-state index contributed by atoms with van der Waals surface area (Å²) in [5, 5.41) is 9.68. The number of nitrogens with one attached hydrogen (secondary N) is 3. The molecule has 0 radical (unpaired) electrons. The fraction of sp³-hybridized carbons (Fsp3) is 0.500. The minimum Gasteiger partial charge on any atom is -0.384 e. The maximum atomic E-state index is 11.3. The first-order valence-electron chi connectivity index (χ1n) is 6.50. The van der Waals surface area contributed by atoms with Crippen molar-refractivity contribution < 1.29 is 4.79 Å². The molecule has 1 heterocycles. The third-order valence-electron chi connectivity index (χ3n) is 2.72. The van der Waals surface area contributed by atoms with Crippen molar-refractivity contribution in [3.8, 4) is 0 Å². The monoisotopic (exact) mass is 279 g/mol. The Morgan fingerprint density at radius 3 is 2.84 bits per heavy atom. The van der Waals surface area contributed by atoms with Crippen LogP contribution in [0.5, 0.6) is 0 Å². The number of hydrogen-bond acceptors (Lipinski definition) is 4. The molecule has 0 bridgehead atoms. The molecule has 5 heteroatoms. The van der Waals surface area contributed by atoms with Gasteiger partial charge in [0.2, 0.25) is 5.91 Å². The van der Waals surface area contributed by atoms with Gasteiger partial charge in [-0.1, -0.05) is 0 Å². The molecule has 1 aromatic rings. The van der Waals surface area contributed by atoms with Gasteiger partial charge in [-0.25, -0.2) is 0 Å². The SMILES string of the molecule is CC(C)(C)NCCNc1ccc2c(c1)NC(=O)CS2. The lowest BCUT2D eigenvalue weighted by atomic mass is 10.1. The zero-order chi connectivity index (χ0) is 13.9. The smallest absolute Gasteiger partial charge is 0.234 e. The van der Waals surface area contributed by atoms with Gasteiger partial charge in [0.1, 0.15) is 0 Å². The van der Waals surface area contributed by atoms with Crippen molar-refractivity contribution in [1.29, 1.82) is 0 Å². The molecular weight excluding hydrogens is 258 g/mol. The summed E-state index contributed by atoms with van der Waals surface area (Å²) in [6.07, 6.45) is 0. The Morgan fingerprint density at radius 2 is 2.11 bits per heavy atom. The molecule has 3 N–H and O–H groups in total. The van der Waals surface area contributed by atoms with Crippen LogP contribution in [-0.2, 0) is 4.79 Å². The fourth-order valence-electron chi connectivity index (χ4n) is 1.84. The van der Waals surface area contributed by atoms with Gasteiger partial charge in [-0.2, -0.15) is 0 Å². The average Bonchev–Trinajstić information content (AvgIpc) is 2.33. The number of rotatable bonds is 4. The van der Waals surface area contributed by atoms with Crippen LogP contribution >= 0.6 is 11.8 Å². The second-order valence-corrected chi connectivity index (χ2v) is 6.67. The molecule has 0 fully saturated rings. The first-order chi connectivity index (χ1) is 8.94. The standard InChI is InChI=1S/C14H21N3OS/c1-14(2,3)16-7-6-15-10-4-5-12-11(8-10)17-13(18)9-19-12/h4-5,8,15-16H,6-7,9H2,1-3H3,(H,17,18). The van der Waals surface area contributed by atoms with Crippen molar-refractivity contribution in [2.45, 2.75) is 31.2 Å². The van der Waals surface area contributed by atoms with E-state index in [9.17, 15) is 4.79 Å². The molecule has 0 unspecified atom stereocenters. The Bertz CT molecular complexity index is 468. The van der Waals surface area contributed by atoms with Gasteiger partial charge in [-0.15, -0.1) is 11.8 Å². The predicted octanol–water partition coefficient (Wildman–Crippen LogP) is 2.53. The fourth-order valence-corrected chi connectivity index (χ4v) is 2.63. The van der Waals surface area contributed by atoms with Crippen LogP contribution in [0.15, 0.2) is 23.1 Å². The van der Waals surface area contributed by atoms with Crippen LogP contribution in [-0.4, -0.2) is 30.3 Å². The van der Waals surface area contributed by atoms with Crippen LogP contribution < -0.4 is 16.0 Å². The molecule has 0 aliphatic carbocycles. The molecule has 1 aliphatic heterocycles. The van der Waals surface area contributed by atoms with Crippen molar-refractivity contribution in [3.63, 3.8) is 0 Å². The number of carbonyl (C=O) groups is 1. The zero-order valence-corrected chi connectivity index (χ0v) is 12.5. The third-order valence-corrected chi connectivity index (χ3v) is 3.80. The molecule has 104 valence electrons. The van der Waals surface area contributed by atoms with E-state index in [1.807, 2.05) is 6.07 Å². The van der Waals surface area contributed by atoms with E-state index in [0.29, 0.717) is 5.75 Å². The summed E-state index contributed by atoms with van der Waals surface area (Å²) in [5.41, 5.74) is 2.09. The topological polar surface area (TPSA) is 53.2 Å². The average molecular weight is 279 g/mol. The molecular formula is C14H21N3OS. The van der Waals surface area contributed by atoms with E-state index in [0.717, 1.165) is 29.4 Å². The number of thioether (sulfide) groups is 1. The normalized spacial score (nSPS) is 14.8. The molecule has 2 rings (SSSR count). The predicted molar refractivity (Wildman–Crippen MR) is 82.0 cm³/mol. The molecule has 0 saturated heterocycles. The van der Waals surface area contributed by atoms with Crippen molar-refractivity contribution in [2.24, 2.45) is 0 Å². The quantitative estimate of drug-likeness (QED) is 0.741. The molecule has 0 spiro atoms. The summed E-state index contributed by atoms with van der Waals surface area (Å²) < 4.78 is 0. The van der Waals surface area contributed by atoms with Gasteiger partial charge in [0.05, 0.1) is 11.4 Å². The van der Waals surface area contributed by atoms with Crippen molar-refractivity contribution in [3.05, 3.63) is 18.2 Å². The van der Waals surface area contributed by atoms with Crippen LogP contribution in [0.2, 0.25) is 0 Å². The van der Waals surface area contributed by atoms with Gasteiger partial charge in [-0.05, 0) is 39.0 Å². The summed E-state index contributed by atoms with van der Waals surface area (Å²) >= 11 is 1.59. The van der Waals surface area contributed by atoms with Crippen LogP contribution in [0.1, 0.15) is 20.8 Å². The number of amides is 1. The van der Waals surface area contributed by atoms with Gasteiger partial charge < -0.3 is 16.0 Å². The minimum absolute atomic E-state index is 0.0732. The highest BCUT2D eigenvalue weighted by Gasteiger charge is 2.15. The first kappa shape index (κ1) is 14.2. The van der Waals surface area contributed by atoms with Gasteiger partial charge in [-0.3, -0.25) is 4.79 Å². The largest absolute Gasteiger partial charge is 0.384 e. The highest BCUT2D eigenvalue weighted by molar-refractivity contribution is 8.00. The number of carbonyl (C=O) groups excluding carboxylic acids is 1. The third kappa shape index (κ3) is 4.44. The maximum Gasteiger partial charge on any atom is 0.234 e. The van der Waals surface area contributed by atoms with Crippen LogP contribution in [0, 0.1) is 0 Å². The van der Waals surface area contributed by atoms with E-state index in [1.165, 1.54) is 0 Å². The van der Waals surface area contributed by atoms with Crippen molar-refractivity contribution >= 4 is 29.0 Å². The highest BCUT2D eigenvalue weighted by atomic mass is 32.2. The number of hydrogen-bond donors (Lipinski definition) is 3. The Hall–Kier alpha value is -1.20. The second kappa shape index (κ2) is 5.84. The number of fused-ring (bicyclic) bond motifs is 1. The van der Waals surface area contributed by atoms with E-state index in [1.54, 1.807) is 11.8 Å². The maximum absolute atomic E-state index is 11.3. The molecule has 19 heavy (non-hydrogen) atoms. The van der Waals surface area contributed by atoms with Gasteiger partial charge >= 0.3 is 0 Å². The lowest BCUT2D eigenvalue weighted by Gasteiger charge is -2.21. The van der Waals surface area contributed by atoms with Crippen LogP contribution in [0.25, 0.3) is 0 Å². The van der Waals surface area contributed by atoms with Crippen molar-refractivity contribution in [1.82, 2.24) is 5.32 Å². The molecule has 1 amide bonds. The van der Waals surface area contributed by atoms with Gasteiger partial charge in [0, 0.05) is 29.2 Å². The molecule has 0 aromatic heterocycles. The first-order valence-corrected chi connectivity index (χ1v) is 7.48. The van der Waals surface area contributed by atoms with Gasteiger partial charge in [0.25, 0.3) is 0 Å². The van der Waals surface area contributed by atoms with E-state index >= 15 is 0 Å². The summed E-state index contributed by atoms with van der Waals surface area (Å²) in [4.78, 5) is 12.5. The van der Waals surface area contributed by atoms with E-state index in [4.69, 9.17) is 0 Å². The van der Waals surface area contributed by atoms with Crippen LogP contribution in [0.3, 0.4) is 0 Å². The summed E-state index contributed by atoms with van der Waals surface area (Å²) in [6.45, 7) is 8.22. The van der Waals surface area contributed by atoms with Crippen molar-refractivity contribution in [2.75, 3.05) is 29.5 Å². The molecule has 0 saturated carbocycles. The Balaban J connectivity index is 1.88. The number of anilines is 2. The minimum atomic E-state index is 0.0732. The molecule has 1 aromatic carbocycles. The lowest BCUT2D eigenvalue weighted by molar-refractivity contribution is -0.113. The highest BCUT2D eigenvalue weighted by Crippen LogP contribution is 2.33. The summed E-state index contributed by atoms with van der Waals surface area (Å²) in [7, 11) is 0. The zero-order valence-electron chi connectivity index (χ0n) is 11.7. The Labute approximate surface area is 118 Å². The second-order valence-electron chi connectivity index (χ2n) is 5.65. The Morgan fingerprint density at radius 1 is 1.32 bits per heavy atom. The van der Waals surface area contributed by atoms with E-state index in [-0.39, 0.29) is 11.4 Å². The molecule has 0 atom stereocenters. The summed E-state index contributed by atoms with van der Waals surface area (Å²) in [6, 6.07) is 6.11. The molecule has 1 aliphatic rings. The Kier molecular flexibility index (Phi) is 4.37. The van der Waals surface area contributed by atoms with E-state index < -0.39 is 0 Å². The number of benzene rings is 1. The molecule has 4 nitrogen and oxygen atoms in total. The van der Waals surface area contributed by atoms with Crippen LogP contribution in [0.4, 0.5) is 11.4 Å². The van der Waals surface area contributed by atoms with Gasteiger partial charge in [0.15, 0.2) is 0 Å². The van der Waals surface area contributed by atoms with E-state index in [2.05, 4.69) is 48.9 Å². The summed E-state index contributed by atoms with van der Waals surface area (Å²) in [5.74, 6) is 0.582. The lowest BCUT2D eigenvalue weighted by Crippen LogP contribution is -2.38.